The molecular formula is C9H5N3OS2. The van der Waals surface area contributed by atoms with E-state index in [4.69, 9.17) is 16.6 Å². The molecule has 0 saturated carbocycles. The predicted octanol–water partition coefficient (Wildman–Crippen LogP) is 3.01. The molecule has 0 bridgehead atoms. The molecule has 0 spiro atoms. The fraction of sp³-hybridized carbons (Fsp3) is 0. The number of fused-ring (bicyclic) bond motifs is 1. The number of nitrogens with one attached hydrogen (secondary N) is 1. The molecule has 0 amide bonds. The van der Waals surface area contributed by atoms with Crippen molar-refractivity contribution in [2.75, 3.05) is 0 Å². The Bertz CT molecular complexity index is 667. The molecular weight excluding hydrogens is 230 g/mol. The first-order chi connectivity index (χ1) is 7.33. The van der Waals surface area contributed by atoms with Crippen LogP contribution in [0.25, 0.3) is 21.5 Å². The van der Waals surface area contributed by atoms with Gasteiger partial charge in [0.05, 0.1) is 4.70 Å². The zero-order chi connectivity index (χ0) is 10.3. The fourth-order valence-corrected chi connectivity index (χ4v) is 2.11. The van der Waals surface area contributed by atoms with Crippen molar-refractivity contribution in [2.45, 2.75) is 0 Å². The molecule has 0 unspecified atom stereocenters. The summed E-state index contributed by atoms with van der Waals surface area (Å²) in [4.78, 5) is 0.286. The smallest absolute Gasteiger partial charge is 0.284 e. The van der Waals surface area contributed by atoms with Crippen molar-refractivity contribution < 1.29 is 4.42 Å². The molecule has 0 atom stereocenters. The number of aromatic nitrogens is 3. The van der Waals surface area contributed by atoms with Gasteiger partial charge in [-0.1, -0.05) is 0 Å². The highest BCUT2D eigenvalue weighted by molar-refractivity contribution is 7.71. The lowest BCUT2D eigenvalue weighted by molar-refractivity contribution is 0.552. The van der Waals surface area contributed by atoms with Crippen LogP contribution in [0.15, 0.2) is 28.8 Å². The minimum atomic E-state index is 0.286. The van der Waals surface area contributed by atoms with Crippen LogP contribution in [0.5, 0.6) is 0 Å². The molecule has 3 rings (SSSR count). The molecule has 4 nitrogen and oxygen atoms in total. The van der Waals surface area contributed by atoms with Crippen molar-refractivity contribution in [1.82, 2.24) is 14.6 Å². The van der Waals surface area contributed by atoms with Gasteiger partial charge in [-0.2, -0.15) is 4.37 Å². The Labute approximate surface area is 93.7 Å². The predicted molar refractivity (Wildman–Crippen MR) is 60.3 cm³/mol. The van der Waals surface area contributed by atoms with Crippen molar-refractivity contribution in [3.05, 3.63) is 29.2 Å². The summed E-state index contributed by atoms with van der Waals surface area (Å²) in [5, 5.41) is 7.64. The van der Waals surface area contributed by atoms with Crippen molar-refractivity contribution in [3.8, 4) is 11.5 Å². The number of H-pyrrole nitrogens is 1. The van der Waals surface area contributed by atoms with E-state index in [1.54, 1.807) is 0 Å². The number of benzene rings is 1. The molecule has 6 heteroatoms. The molecule has 1 N–H and O–H groups in total. The van der Waals surface area contributed by atoms with Crippen LogP contribution in [0.1, 0.15) is 0 Å². The number of hydrogen-bond donors (Lipinski definition) is 1. The fourth-order valence-electron chi connectivity index (χ4n) is 1.36. The van der Waals surface area contributed by atoms with Gasteiger partial charge in [0.2, 0.25) is 5.89 Å². The van der Waals surface area contributed by atoms with Crippen LogP contribution in [0.2, 0.25) is 0 Å². The molecule has 15 heavy (non-hydrogen) atoms. The average Bonchev–Trinajstić information content (AvgIpc) is 2.84. The highest BCUT2D eigenvalue weighted by atomic mass is 32.1. The Morgan fingerprint density at radius 1 is 1.40 bits per heavy atom. The van der Waals surface area contributed by atoms with E-state index in [0.29, 0.717) is 5.89 Å². The summed E-state index contributed by atoms with van der Waals surface area (Å²) in [6.45, 7) is 0. The minimum absolute atomic E-state index is 0.286. The Morgan fingerprint density at radius 2 is 2.33 bits per heavy atom. The van der Waals surface area contributed by atoms with E-state index >= 15 is 0 Å². The number of rotatable bonds is 1. The van der Waals surface area contributed by atoms with Gasteiger partial charge >= 0.3 is 0 Å². The van der Waals surface area contributed by atoms with Crippen molar-refractivity contribution >= 4 is 33.8 Å². The Morgan fingerprint density at radius 3 is 3.13 bits per heavy atom. The largest absolute Gasteiger partial charge is 0.409 e. The Kier molecular flexibility index (Phi) is 1.90. The van der Waals surface area contributed by atoms with E-state index < -0.39 is 0 Å². The highest BCUT2D eigenvalue weighted by Gasteiger charge is 2.05. The van der Waals surface area contributed by atoms with Crippen LogP contribution < -0.4 is 0 Å². The SMILES string of the molecule is S=c1[nH]nc(-c2ccc3sncc3c2)o1. The quantitative estimate of drug-likeness (QED) is 0.659. The molecule has 3 aromatic rings. The van der Waals surface area contributed by atoms with Gasteiger partial charge in [-0.25, -0.2) is 5.10 Å². The van der Waals surface area contributed by atoms with Gasteiger partial charge in [0.25, 0.3) is 4.84 Å². The third-order valence-electron chi connectivity index (χ3n) is 2.04. The number of hydrogen-bond acceptors (Lipinski definition) is 5. The van der Waals surface area contributed by atoms with Gasteiger partial charge in [0.1, 0.15) is 0 Å². The molecule has 2 heterocycles. The Hall–Kier alpha value is -1.53. The second-order valence-corrected chi connectivity index (χ2v) is 4.20. The lowest BCUT2D eigenvalue weighted by atomic mass is 10.2. The summed E-state index contributed by atoms with van der Waals surface area (Å²) in [6, 6.07) is 5.91. The first-order valence-electron chi connectivity index (χ1n) is 4.23. The maximum Gasteiger partial charge on any atom is 0.284 e. The van der Waals surface area contributed by atoms with Gasteiger partial charge < -0.3 is 4.42 Å². The minimum Gasteiger partial charge on any atom is -0.409 e. The molecule has 2 aromatic heterocycles. The van der Waals surface area contributed by atoms with Crippen LogP contribution in [-0.4, -0.2) is 14.6 Å². The average molecular weight is 235 g/mol. The van der Waals surface area contributed by atoms with Crippen LogP contribution in [0.3, 0.4) is 0 Å². The third-order valence-corrected chi connectivity index (χ3v) is 2.99. The zero-order valence-corrected chi connectivity index (χ0v) is 9.06. The number of aromatic amines is 1. The lowest BCUT2D eigenvalue weighted by Crippen LogP contribution is -1.76. The third kappa shape index (κ3) is 1.47. The second-order valence-electron chi connectivity index (χ2n) is 3.00. The molecule has 0 saturated heterocycles. The summed E-state index contributed by atoms with van der Waals surface area (Å²) in [5.41, 5.74) is 0.898. The van der Waals surface area contributed by atoms with Crippen LogP contribution in [0.4, 0.5) is 0 Å². The van der Waals surface area contributed by atoms with Gasteiger partial charge in [0.15, 0.2) is 0 Å². The first kappa shape index (κ1) is 8.75. The monoisotopic (exact) mass is 235 g/mol. The van der Waals surface area contributed by atoms with E-state index in [1.807, 2.05) is 24.4 Å². The van der Waals surface area contributed by atoms with Crippen molar-refractivity contribution in [3.63, 3.8) is 0 Å². The normalized spacial score (nSPS) is 10.9. The molecule has 0 aliphatic heterocycles. The number of nitrogens with zero attached hydrogens (tertiary/aromatic N) is 2. The van der Waals surface area contributed by atoms with Crippen molar-refractivity contribution in [1.29, 1.82) is 0 Å². The molecule has 74 valence electrons. The molecule has 1 aromatic carbocycles. The lowest BCUT2D eigenvalue weighted by Gasteiger charge is -1.93. The topological polar surface area (TPSA) is 54.7 Å². The summed E-state index contributed by atoms with van der Waals surface area (Å²) < 4.78 is 10.5. The molecule has 0 aliphatic carbocycles. The van der Waals surface area contributed by atoms with Gasteiger partial charge in [0, 0.05) is 17.1 Å². The van der Waals surface area contributed by atoms with Crippen LogP contribution in [0, 0.1) is 4.84 Å². The standard InChI is InChI=1S/C9H5N3OS2/c14-9-12-11-8(13-9)5-1-2-7-6(3-5)4-10-15-7/h1-4H,(H,12,14). The van der Waals surface area contributed by atoms with E-state index in [9.17, 15) is 0 Å². The maximum absolute atomic E-state index is 5.23. The first-order valence-corrected chi connectivity index (χ1v) is 5.41. The van der Waals surface area contributed by atoms with Gasteiger partial charge in [-0.15, -0.1) is 5.10 Å². The molecule has 0 radical (unpaired) electrons. The van der Waals surface area contributed by atoms with E-state index in [1.165, 1.54) is 11.5 Å². The van der Waals surface area contributed by atoms with Gasteiger partial charge in [-0.3, -0.25) is 0 Å². The van der Waals surface area contributed by atoms with E-state index in [2.05, 4.69) is 14.6 Å². The summed E-state index contributed by atoms with van der Waals surface area (Å²) in [5.74, 6) is 0.508. The summed E-state index contributed by atoms with van der Waals surface area (Å²) in [6.07, 6.45) is 1.82. The second kappa shape index (κ2) is 3.25. The zero-order valence-electron chi connectivity index (χ0n) is 7.43. The van der Waals surface area contributed by atoms with Gasteiger partial charge in [-0.05, 0) is 41.9 Å². The van der Waals surface area contributed by atoms with Crippen LogP contribution >= 0.6 is 23.8 Å². The van der Waals surface area contributed by atoms with Crippen LogP contribution in [-0.2, 0) is 0 Å². The highest BCUT2D eigenvalue weighted by Crippen LogP contribution is 2.24. The van der Waals surface area contributed by atoms with Crippen molar-refractivity contribution in [2.24, 2.45) is 0 Å². The van der Waals surface area contributed by atoms with E-state index in [0.717, 1.165) is 15.6 Å². The summed E-state index contributed by atoms with van der Waals surface area (Å²) in [7, 11) is 0. The maximum atomic E-state index is 5.23. The summed E-state index contributed by atoms with van der Waals surface area (Å²) >= 11 is 6.28. The van der Waals surface area contributed by atoms with E-state index in [-0.39, 0.29) is 4.84 Å². The Balaban J connectivity index is 2.22. The molecule has 0 aliphatic rings. The molecule has 0 fully saturated rings.